The normalized spacial score (nSPS) is 31.1. The fourth-order valence-electron chi connectivity index (χ4n) is 5.44. The number of carbonyl (C=O) groups excluding carboxylic acids is 1. The average molecular weight is 401 g/mol. The van der Waals surface area contributed by atoms with E-state index in [1.54, 1.807) is 6.92 Å². The van der Waals surface area contributed by atoms with Crippen molar-refractivity contribution in [3.63, 3.8) is 0 Å². The molecule has 3 aliphatic rings. The van der Waals surface area contributed by atoms with Gasteiger partial charge in [0.05, 0.1) is 6.04 Å². The third-order valence-corrected chi connectivity index (χ3v) is 7.42. The number of nitrogens with zero attached hydrogens (tertiary/aromatic N) is 4. The van der Waals surface area contributed by atoms with Crippen LogP contribution < -0.4 is 0 Å². The molecule has 160 valence electrons. The van der Waals surface area contributed by atoms with Gasteiger partial charge in [-0.05, 0) is 31.9 Å². The van der Waals surface area contributed by atoms with Gasteiger partial charge in [0, 0.05) is 65.3 Å². The molecule has 0 bridgehead atoms. The summed E-state index contributed by atoms with van der Waals surface area (Å²) in [6.45, 7) is 9.33. The van der Waals surface area contributed by atoms with Crippen molar-refractivity contribution in [2.24, 2.45) is 0 Å². The number of hydrogen-bond donors (Lipinski definition) is 1. The topological polar surface area (TPSA) is 50.3 Å². The van der Waals surface area contributed by atoms with E-state index in [0.29, 0.717) is 6.04 Å². The monoisotopic (exact) mass is 400 g/mol. The van der Waals surface area contributed by atoms with Crippen molar-refractivity contribution in [1.82, 2.24) is 19.6 Å². The van der Waals surface area contributed by atoms with Crippen LogP contribution in [0.25, 0.3) is 0 Å². The third kappa shape index (κ3) is 4.36. The van der Waals surface area contributed by atoms with Gasteiger partial charge in [0.25, 0.3) is 0 Å². The Hall–Kier alpha value is -1.47. The molecule has 29 heavy (non-hydrogen) atoms. The van der Waals surface area contributed by atoms with Crippen molar-refractivity contribution in [1.29, 1.82) is 0 Å². The largest absolute Gasteiger partial charge is 0.383 e. The van der Waals surface area contributed by atoms with Crippen molar-refractivity contribution in [2.45, 2.75) is 43.9 Å². The van der Waals surface area contributed by atoms with Gasteiger partial charge in [0.2, 0.25) is 5.91 Å². The molecule has 0 aliphatic carbocycles. The highest BCUT2D eigenvalue weighted by Crippen LogP contribution is 2.38. The van der Waals surface area contributed by atoms with Gasteiger partial charge in [-0.1, -0.05) is 30.3 Å². The summed E-state index contributed by atoms with van der Waals surface area (Å²) in [5.41, 5.74) is 0.253. The number of amides is 1. The van der Waals surface area contributed by atoms with E-state index in [9.17, 15) is 9.90 Å². The molecule has 0 aromatic heterocycles. The Kier molecular flexibility index (Phi) is 6.25. The predicted octanol–water partition coefficient (Wildman–Crippen LogP) is 1.21. The van der Waals surface area contributed by atoms with E-state index < -0.39 is 5.60 Å². The number of piperazine rings is 1. The van der Waals surface area contributed by atoms with Gasteiger partial charge in [-0.25, -0.2) is 0 Å². The number of aliphatic hydroxyl groups is 1. The molecule has 1 N–H and O–H groups in total. The van der Waals surface area contributed by atoms with Crippen molar-refractivity contribution >= 4 is 5.91 Å². The van der Waals surface area contributed by atoms with Gasteiger partial charge in [-0.3, -0.25) is 14.6 Å². The summed E-state index contributed by atoms with van der Waals surface area (Å²) in [4.78, 5) is 21.1. The minimum absolute atomic E-state index is 0.109. The van der Waals surface area contributed by atoms with E-state index in [2.05, 4.69) is 33.9 Å². The van der Waals surface area contributed by atoms with Gasteiger partial charge >= 0.3 is 0 Å². The van der Waals surface area contributed by atoms with Crippen LogP contribution >= 0.6 is 0 Å². The van der Waals surface area contributed by atoms with Crippen molar-refractivity contribution in [3.8, 4) is 0 Å². The first-order chi connectivity index (χ1) is 14.0. The Bertz CT molecular complexity index is 683. The summed E-state index contributed by atoms with van der Waals surface area (Å²) in [6, 6.07) is 10.9. The SMILES string of the molecule is CC(=O)N1CCC(N2CC[C@](O)(c3ccccc3)[C@H](N3CCN(C)CC3)C2)CC1. The van der Waals surface area contributed by atoms with Gasteiger partial charge in [-0.2, -0.15) is 0 Å². The number of likely N-dealkylation sites (tertiary alicyclic amines) is 2. The molecule has 0 saturated carbocycles. The predicted molar refractivity (Wildman–Crippen MR) is 115 cm³/mol. The maximum Gasteiger partial charge on any atom is 0.219 e. The Morgan fingerprint density at radius 1 is 0.966 bits per heavy atom. The Morgan fingerprint density at radius 2 is 1.62 bits per heavy atom. The molecule has 0 unspecified atom stereocenters. The fourth-order valence-corrected chi connectivity index (χ4v) is 5.44. The molecule has 3 fully saturated rings. The molecule has 2 atom stereocenters. The van der Waals surface area contributed by atoms with Gasteiger partial charge < -0.3 is 14.9 Å². The zero-order chi connectivity index (χ0) is 20.4. The van der Waals surface area contributed by atoms with Crippen LogP contribution in [0.4, 0.5) is 0 Å². The van der Waals surface area contributed by atoms with E-state index >= 15 is 0 Å². The van der Waals surface area contributed by atoms with E-state index in [1.807, 2.05) is 23.1 Å². The number of carbonyl (C=O) groups is 1. The first-order valence-corrected chi connectivity index (χ1v) is 11.2. The molecule has 1 amide bonds. The number of benzene rings is 1. The van der Waals surface area contributed by atoms with Crippen LogP contribution in [-0.2, 0) is 10.4 Å². The molecule has 4 rings (SSSR count). The summed E-state index contributed by atoms with van der Waals surface area (Å²) in [5, 5.41) is 11.9. The van der Waals surface area contributed by atoms with Crippen LogP contribution in [0.2, 0.25) is 0 Å². The van der Waals surface area contributed by atoms with Gasteiger partial charge in [0.15, 0.2) is 0 Å². The summed E-state index contributed by atoms with van der Waals surface area (Å²) in [6.07, 6.45) is 2.85. The van der Waals surface area contributed by atoms with E-state index in [4.69, 9.17) is 0 Å². The Morgan fingerprint density at radius 3 is 2.24 bits per heavy atom. The second kappa shape index (κ2) is 8.72. The lowest BCUT2D eigenvalue weighted by Crippen LogP contribution is -2.65. The highest BCUT2D eigenvalue weighted by molar-refractivity contribution is 5.73. The quantitative estimate of drug-likeness (QED) is 0.827. The van der Waals surface area contributed by atoms with Crippen LogP contribution in [0, 0.1) is 0 Å². The van der Waals surface area contributed by atoms with Crippen LogP contribution in [0.5, 0.6) is 0 Å². The smallest absolute Gasteiger partial charge is 0.219 e. The summed E-state index contributed by atoms with van der Waals surface area (Å²) in [5.74, 6) is 0.191. The van der Waals surface area contributed by atoms with Crippen molar-refractivity contribution in [3.05, 3.63) is 35.9 Å². The van der Waals surface area contributed by atoms with E-state index in [-0.39, 0.29) is 11.9 Å². The molecule has 6 nitrogen and oxygen atoms in total. The van der Waals surface area contributed by atoms with Gasteiger partial charge in [0.1, 0.15) is 5.60 Å². The first kappa shape index (κ1) is 20.8. The molecular weight excluding hydrogens is 364 g/mol. The zero-order valence-electron chi connectivity index (χ0n) is 18.0. The Balaban J connectivity index is 1.51. The molecular formula is C23H36N4O2. The van der Waals surface area contributed by atoms with Crippen molar-refractivity contribution < 1.29 is 9.90 Å². The second-order valence-electron chi connectivity index (χ2n) is 9.13. The average Bonchev–Trinajstić information content (AvgIpc) is 2.75. The van der Waals surface area contributed by atoms with Crippen LogP contribution in [0.15, 0.2) is 30.3 Å². The molecule has 1 aromatic rings. The molecule has 3 saturated heterocycles. The molecule has 3 aliphatic heterocycles. The first-order valence-electron chi connectivity index (χ1n) is 11.2. The lowest BCUT2D eigenvalue weighted by atomic mass is 9.78. The highest BCUT2D eigenvalue weighted by atomic mass is 16.3. The number of hydrogen-bond acceptors (Lipinski definition) is 5. The summed E-state index contributed by atoms with van der Waals surface area (Å²) < 4.78 is 0. The van der Waals surface area contributed by atoms with E-state index in [0.717, 1.165) is 77.2 Å². The van der Waals surface area contributed by atoms with E-state index in [1.165, 1.54) is 0 Å². The summed E-state index contributed by atoms with van der Waals surface area (Å²) >= 11 is 0. The third-order valence-electron chi connectivity index (χ3n) is 7.42. The number of piperidine rings is 2. The minimum Gasteiger partial charge on any atom is -0.383 e. The molecule has 0 spiro atoms. The maximum atomic E-state index is 11.9. The number of rotatable bonds is 3. The molecule has 3 heterocycles. The van der Waals surface area contributed by atoms with Crippen molar-refractivity contribution in [2.75, 3.05) is 59.4 Å². The van der Waals surface area contributed by atoms with Gasteiger partial charge in [-0.15, -0.1) is 0 Å². The fraction of sp³-hybridized carbons (Fsp3) is 0.696. The standard InChI is InChI=1S/C23H36N4O2/c1-19(28)25-11-8-21(9-12-25)27-13-10-23(29,20-6-4-3-5-7-20)22(18-27)26-16-14-24(2)15-17-26/h3-7,21-22,29H,8-18H2,1-2H3/t22-,23+/m1/s1. The minimum atomic E-state index is -0.798. The molecule has 6 heteroatoms. The van der Waals surface area contributed by atoms with Crippen LogP contribution in [0.3, 0.4) is 0 Å². The molecule has 0 radical (unpaired) electrons. The lowest BCUT2D eigenvalue weighted by molar-refractivity contribution is -0.132. The molecule has 1 aromatic carbocycles. The zero-order valence-corrected chi connectivity index (χ0v) is 18.0. The lowest BCUT2D eigenvalue weighted by Gasteiger charge is -2.53. The second-order valence-corrected chi connectivity index (χ2v) is 9.13. The van der Waals surface area contributed by atoms with Crippen LogP contribution in [-0.4, -0.2) is 102 Å². The Labute approximate surface area is 175 Å². The maximum absolute atomic E-state index is 11.9. The highest BCUT2D eigenvalue weighted by Gasteiger charge is 2.47. The summed E-state index contributed by atoms with van der Waals surface area (Å²) in [7, 11) is 2.18. The number of likely N-dealkylation sites (N-methyl/N-ethyl adjacent to an activating group) is 1. The van der Waals surface area contributed by atoms with Crippen LogP contribution in [0.1, 0.15) is 31.7 Å².